The van der Waals surface area contributed by atoms with Gasteiger partial charge in [0.1, 0.15) is 11.2 Å². The van der Waals surface area contributed by atoms with Crippen molar-refractivity contribution in [1.82, 2.24) is 19.6 Å². The highest BCUT2D eigenvalue weighted by atomic mass is 32.2. The fourth-order valence-electron chi connectivity index (χ4n) is 3.10. The topological polar surface area (TPSA) is 72.2 Å². The van der Waals surface area contributed by atoms with Gasteiger partial charge < -0.3 is 5.32 Å². The van der Waals surface area contributed by atoms with Crippen LogP contribution in [-0.2, 0) is 4.79 Å². The van der Waals surface area contributed by atoms with Gasteiger partial charge >= 0.3 is 0 Å². The van der Waals surface area contributed by atoms with E-state index in [1.54, 1.807) is 17.7 Å². The number of amides is 1. The molecule has 0 unspecified atom stereocenters. The molecule has 6 nitrogen and oxygen atoms in total. The number of nitrogens with one attached hydrogen (secondary N) is 1. The van der Waals surface area contributed by atoms with Crippen molar-refractivity contribution in [1.29, 1.82) is 0 Å². The molecule has 0 saturated carbocycles. The number of thioether (sulfide) groups is 1. The van der Waals surface area contributed by atoms with Crippen LogP contribution in [0.25, 0.3) is 15.9 Å². The largest absolute Gasteiger partial charge is 0.325 e. The number of aryl methyl sites for hydroxylation is 4. The van der Waals surface area contributed by atoms with Crippen LogP contribution in [0.5, 0.6) is 0 Å². The van der Waals surface area contributed by atoms with Crippen LogP contribution in [0.1, 0.15) is 21.6 Å². The van der Waals surface area contributed by atoms with E-state index in [0.29, 0.717) is 5.16 Å². The molecule has 4 aromatic rings. The van der Waals surface area contributed by atoms with Crippen molar-refractivity contribution in [2.45, 2.75) is 32.9 Å². The zero-order valence-electron chi connectivity index (χ0n) is 15.5. The molecule has 0 aliphatic rings. The lowest BCUT2D eigenvalue weighted by molar-refractivity contribution is -0.113. The molecule has 0 bridgehead atoms. The van der Waals surface area contributed by atoms with Crippen molar-refractivity contribution in [3.8, 4) is 0 Å². The number of hydrogen-bond donors (Lipinski definition) is 1. The first-order valence-electron chi connectivity index (χ1n) is 8.53. The molecule has 1 N–H and O–H groups in total. The van der Waals surface area contributed by atoms with E-state index in [-0.39, 0.29) is 11.7 Å². The normalized spacial score (nSPS) is 11.4. The summed E-state index contributed by atoms with van der Waals surface area (Å²) >= 11 is 3.02. The summed E-state index contributed by atoms with van der Waals surface area (Å²) in [4.78, 5) is 19.1. The summed E-state index contributed by atoms with van der Waals surface area (Å²) in [6.07, 6.45) is 1.73. The molecule has 0 aliphatic heterocycles. The van der Waals surface area contributed by atoms with Gasteiger partial charge in [0.25, 0.3) is 0 Å². The van der Waals surface area contributed by atoms with E-state index in [9.17, 15) is 4.79 Å². The van der Waals surface area contributed by atoms with Crippen LogP contribution in [0.4, 0.5) is 5.69 Å². The summed E-state index contributed by atoms with van der Waals surface area (Å²) in [6, 6.07) is 6.00. The van der Waals surface area contributed by atoms with E-state index in [1.807, 2.05) is 30.4 Å². The molecule has 0 fully saturated rings. The smallest absolute Gasteiger partial charge is 0.234 e. The fourth-order valence-corrected chi connectivity index (χ4v) is 4.79. The Kier molecular flexibility index (Phi) is 4.61. The molecular weight excluding hydrogens is 378 g/mol. The number of anilines is 1. The first kappa shape index (κ1) is 17.9. The molecule has 0 saturated heterocycles. The van der Waals surface area contributed by atoms with Gasteiger partial charge in [0.15, 0.2) is 10.8 Å². The van der Waals surface area contributed by atoms with Crippen molar-refractivity contribution < 1.29 is 4.79 Å². The molecule has 0 spiro atoms. The van der Waals surface area contributed by atoms with Gasteiger partial charge in [0, 0.05) is 10.6 Å². The second-order valence-corrected chi connectivity index (χ2v) is 8.74. The quantitative estimate of drug-likeness (QED) is 0.520. The summed E-state index contributed by atoms with van der Waals surface area (Å²) in [5.74, 6) is 0.186. The monoisotopic (exact) mass is 397 g/mol. The number of nitrogens with zero attached hydrogens (tertiary/aromatic N) is 4. The number of thiophene rings is 1. The fraction of sp³-hybridized carbons (Fsp3) is 0.263. The Labute approximate surface area is 165 Å². The Hall–Kier alpha value is -2.45. The highest BCUT2D eigenvalue weighted by molar-refractivity contribution is 7.99. The van der Waals surface area contributed by atoms with E-state index in [0.717, 1.165) is 32.7 Å². The van der Waals surface area contributed by atoms with Crippen LogP contribution in [0, 0.1) is 27.7 Å². The molecule has 8 heteroatoms. The summed E-state index contributed by atoms with van der Waals surface area (Å²) < 4.78 is 1.86. The first-order chi connectivity index (χ1) is 12.9. The molecule has 0 aliphatic carbocycles. The lowest BCUT2D eigenvalue weighted by atomic mass is 10.1. The Morgan fingerprint density at radius 2 is 1.89 bits per heavy atom. The zero-order chi connectivity index (χ0) is 19.1. The van der Waals surface area contributed by atoms with Gasteiger partial charge in [0.2, 0.25) is 5.91 Å². The molecule has 3 aromatic heterocycles. The average Bonchev–Trinajstić information content (AvgIpc) is 3.13. The van der Waals surface area contributed by atoms with Crippen molar-refractivity contribution in [3.63, 3.8) is 0 Å². The molecule has 1 amide bonds. The number of aromatic nitrogens is 4. The van der Waals surface area contributed by atoms with Crippen LogP contribution in [0.3, 0.4) is 0 Å². The van der Waals surface area contributed by atoms with Crippen LogP contribution in [0.2, 0.25) is 0 Å². The lowest BCUT2D eigenvalue weighted by Gasteiger charge is -2.07. The number of hydrogen-bond acceptors (Lipinski definition) is 6. The van der Waals surface area contributed by atoms with E-state index < -0.39 is 0 Å². The van der Waals surface area contributed by atoms with Gasteiger partial charge in [-0.05, 0) is 56.5 Å². The van der Waals surface area contributed by atoms with Gasteiger partial charge in [-0.2, -0.15) is 0 Å². The highest BCUT2D eigenvalue weighted by Gasteiger charge is 2.16. The van der Waals surface area contributed by atoms with Gasteiger partial charge in [-0.15, -0.1) is 21.5 Å². The molecule has 0 radical (unpaired) electrons. The predicted octanol–water partition coefficient (Wildman–Crippen LogP) is 4.30. The maximum atomic E-state index is 12.3. The van der Waals surface area contributed by atoms with Crippen molar-refractivity contribution in [2.75, 3.05) is 11.1 Å². The molecular formula is C19H19N5OS2. The second kappa shape index (κ2) is 6.94. The number of benzene rings is 1. The van der Waals surface area contributed by atoms with Gasteiger partial charge in [-0.3, -0.25) is 9.20 Å². The van der Waals surface area contributed by atoms with E-state index >= 15 is 0 Å². The number of carbonyl (C=O) groups excluding carboxylic acids is 1. The van der Waals surface area contributed by atoms with Gasteiger partial charge in [-0.25, -0.2) is 4.98 Å². The number of carbonyl (C=O) groups is 1. The van der Waals surface area contributed by atoms with Gasteiger partial charge in [-0.1, -0.05) is 17.8 Å². The maximum absolute atomic E-state index is 12.3. The third-order valence-electron chi connectivity index (χ3n) is 4.38. The van der Waals surface area contributed by atoms with Crippen LogP contribution < -0.4 is 5.32 Å². The standard InChI is InChI=1S/C19H19N5OS2/c1-10-5-11(2)7-14(6-10)21-15(25)8-26-19-23-22-17-16-12(3)13(4)27-18(16)20-9-24(17)19/h5-7,9H,8H2,1-4H3,(H,21,25). The average molecular weight is 398 g/mol. The molecule has 138 valence electrons. The minimum atomic E-state index is -0.0710. The third kappa shape index (κ3) is 3.42. The minimum Gasteiger partial charge on any atom is -0.325 e. The molecule has 0 atom stereocenters. The van der Waals surface area contributed by atoms with E-state index in [4.69, 9.17) is 0 Å². The maximum Gasteiger partial charge on any atom is 0.234 e. The van der Waals surface area contributed by atoms with Crippen molar-refractivity contribution >= 4 is 50.6 Å². The first-order valence-corrected chi connectivity index (χ1v) is 10.3. The van der Waals surface area contributed by atoms with Gasteiger partial charge in [0.05, 0.1) is 11.1 Å². The summed E-state index contributed by atoms with van der Waals surface area (Å²) in [5, 5.41) is 13.2. The second-order valence-electron chi connectivity index (χ2n) is 6.60. The predicted molar refractivity (Wildman–Crippen MR) is 111 cm³/mol. The Balaban J connectivity index is 1.53. The summed E-state index contributed by atoms with van der Waals surface area (Å²) in [6.45, 7) is 8.19. The van der Waals surface area contributed by atoms with E-state index in [1.165, 1.54) is 22.2 Å². The Bertz CT molecular complexity index is 1160. The third-order valence-corrected chi connectivity index (χ3v) is 6.44. The number of rotatable bonds is 4. The molecule has 3 heterocycles. The minimum absolute atomic E-state index is 0.0710. The van der Waals surface area contributed by atoms with Crippen LogP contribution in [0.15, 0.2) is 29.7 Å². The van der Waals surface area contributed by atoms with Crippen molar-refractivity contribution in [2.24, 2.45) is 0 Å². The zero-order valence-corrected chi connectivity index (χ0v) is 17.2. The molecule has 27 heavy (non-hydrogen) atoms. The highest BCUT2D eigenvalue weighted by Crippen LogP contribution is 2.32. The lowest BCUT2D eigenvalue weighted by Crippen LogP contribution is -2.14. The molecule has 1 aromatic carbocycles. The SMILES string of the molecule is Cc1cc(C)cc(NC(=O)CSc2nnc3c4c(C)c(C)sc4ncn23)c1. The Morgan fingerprint density at radius 3 is 2.63 bits per heavy atom. The van der Waals surface area contributed by atoms with Crippen LogP contribution >= 0.6 is 23.1 Å². The van der Waals surface area contributed by atoms with Crippen molar-refractivity contribution in [3.05, 3.63) is 46.1 Å². The van der Waals surface area contributed by atoms with E-state index in [2.05, 4.69) is 40.4 Å². The van der Waals surface area contributed by atoms with Crippen LogP contribution in [-0.4, -0.2) is 31.2 Å². The summed E-state index contributed by atoms with van der Waals surface area (Å²) in [7, 11) is 0. The Morgan fingerprint density at radius 1 is 1.15 bits per heavy atom. The number of fused-ring (bicyclic) bond motifs is 3. The summed E-state index contributed by atoms with van der Waals surface area (Å²) in [5.41, 5.74) is 5.04. The molecule has 4 rings (SSSR count).